The first-order valence-corrected chi connectivity index (χ1v) is 9.28. The van der Waals surface area contributed by atoms with Crippen LogP contribution < -0.4 is 0 Å². The lowest BCUT2D eigenvalue weighted by atomic mass is 9.87. The number of hydrogen-bond acceptors (Lipinski definition) is 3. The van der Waals surface area contributed by atoms with Gasteiger partial charge in [-0.3, -0.25) is 14.4 Å². The molecule has 0 bridgehead atoms. The van der Waals surface area contributed by atoms with E-state index in [1.54, 1.807) is 13.0 Å². The number of rotatable bonds is 13. The van der Waals surface area contributed by atoms with Gasteiger partial charge in [0.25, 0.3) is 0 Å². The number of carbonyl (C=O) groups excluding carboxylic acids is 2. The number of carboxylic acids is 1. The number of halogens is 2. The van der Waals surface area contributed by atoms with Crippen molar-refractivity contribution >= 4 is 17.5 Å². The summed E-state index contributed by atoms with van der Waals surface area (Å²) < 4.78 is 27.0. The van der Waals surface area contributed by atoms with Gasteiger partial charge in [-0.05, 0) is 50.5 Å². The normalized spacial score (nSPS) is 20.2. The second-order valence-electron chi connectivity index (χ2n) is 6.79. The third kappa shape index (κ3) is 7.58. The molecule has 0 amide bonds. The molecule has 0 saturated heterocycles. The molecule has 0 spiro atoms. The molecule has 0 fully saturated rings. The van der Waals surface area contributed by atoms with Crippen molar-refractivity contribution in [2.24, 2.45) is 11.8 Å². The molecule has 0 aromatic heterocycles. The average molecular weight is 370 g/mol. The fourth-order valence-corrected chi connectivity index (χ4v) is 3.14. The summed E-state index contributed by atoms with van der Waals surface area (Å²) in [5.41, 5.74) is 0. The van der Waals surface area contributed by atoms with E-state index in [9.17, 15) is 23.2 Å². The number of aliphatic carboxylic acids is 1. The van der Waals surface area contributed by atoms with Crippen LogP contribution in [0, 0.1) is 11.8 Å². The van der Waals surface area contributed by atoms with E-state index in [0.29, 0.717) is 32.1 Å². The monoisotopic (exact) mass is 370 g/mol. The summed E-state index contributed by atoms with van der Waals surface area (Å²) in [4.78, 5) is 34.0. The zero-order chi connectivity index (χ0) is 19.6. The quantitative estimate of drug-likeness (QED) is 0.376. The van der Waals surface area contributed by atoms with Crippen LogP contribution in [0.25, 0.3) is 0 Å². The van der Waals surface area contributed by atoms with Crippen LogP contribution in [0.3, 0.4) is 0 Å². The van der Waals surface area contributed by atoms with Gasteiger partial charge in [0, 0.05) is 25.2 Å². The highest BCUT2D eigenvalue weighted by molar-refractivity contribution is 5.94. The number of Topliss-reactive ketones (excluding diaryl/α,β-unsaturated/α-hetero) is 1. The van der Waals surface area contributed by atoms with Crippen molar-refractivity contribution in [3.05, 3.63) is 24.3 Å². The maximum Gasteiger partial charge on any atom is 0.305 e. The average Bonchev–Trinajstić information content (AvgIpc) is 2.90. The maximum atomic E-state index is 13.5. The van der Waals surface area contributed by atoms with E-state index in [4.69, 9.17) is 5.11 Å². The molecule has 0 aromatic rings. The molecule has 26 heavy (non-hydrogen) atoms. The lowest BCUT2D eigenvalue weighted by molar-refractivity contribution is -0.144. The summed E-state index contributed by atoms with van der Waals surface area (Å²) in [5, 5.41) is 8.57. The Kier molecular flexibility index (Phi) is 9.38. The summed E-state index contributed by atoms with van der Waals surface area (Å²) in [5.74, 6) is -5.30. The summed E-state index contributed by atoms with van der Waals surface area (Å²) in [7, 11) is 0. The molecular weight excluding hydrogens is 342 g/mol. The van der Waals surface area contributed by atoms with Crippen LogP contribution in [-0.4, -0.2) is 28.6 Å². The molecule has 1 N–H and O–H groups in total. The first-order valence-electron chi connectivity index (χ1n) is 9.28. The molecular formula is C20H28F2O4. The highest BCUT2D eigenvalue weighted by atomic mass is 19.3. The molecule has 0 radical (unpaired) electrons. The number of allylic oxidation sites excluding steroid dienone is 4. The number of unbranched alkanes of at least 4 members (excludes halogenated alkanes) is 1. The Bertz CT molecular complexity index is 552. The Morgan fingerprint density at radius 1 is 1.23 bits per heavy atom. The Labute approximate surface area is 153 Å². The van der Waals surface area contributed by atoms with Gasteiger partial charge in [0.05, 0.1) is 0 Å². The molecule has 1 aliphatic carbocycles. The number of ketones is 2. The van der Waals surface area contributed by atoms with E-state index >= 15 is 0 Å². The van der Waals surface area contributed by atoms with Gasteiger partial charge in [-0.2, -0.15) is 8.78 Å². The maximum absolute atomic E-state index is 13.5. The third-order valence-electron chi connectivity index (χ3n) is 4.62. The lowest BCUT2D eigenvalue weighted by Gasteiger charge is -2.18. The van der Waals surface area contributed by atoms with E-state index in [2.05, 4.69) is 0 Å². The Hall–Kier alpha value is -1.85. The van der Waals surface area contributed by atoms with Crippen molar-refractivity contribution in [3.63, 3.8) is 0 Å². The molecule has 0 saturated carbocycles. The molecule has 2 atom stereocenters. The Morgan fingerprint density at radius 2 is 1.96 bits per heavy atom. The smallest absolute Gasteiger partial charge is 0.305 e. The topological polar surface area (TPSA) is 71.4 Å². The van der Waals surface area contributed by atoms with E-state index in [1.807, 2.05) is 12.2 Å². The molecule has 0 aromatic carbocycles. The van der Waals surface area contributed by atoms with Crippen LogP contribution in [0.1, 0.15) is 64.7 Å². The SMILES string of the molecule is CCCC(F)(F)C(=O)CCC[C@@H]1C=CC(=O)[C@@H]1CC=CCCCC(=O)O. The molecule has 0 aliphatic heterocycles. The molecule has 146 valence electrons. The van der Waals surface area contributed by atoms with Gasteiger partial charge in [0.1, 0.15) is 0 Å². The van der Waals surface area contributed by atoms with Crippen molar-refractivity contribution in [2.75, 3.05) is 0 Å². The standard InChI is InChI=1S/C20H28F2O4/c1-2-14-20(21,22)18(24)10-7-8-15-12-13-17(23)16(15)9-5-3-4-6-11-19(25)26/h3,5,12-13,15-16H,2,4,6-11,14H2,1H3,(H,25,26)/t15-,16-/m1/s1. The van der Waals surface area contributed by atoms with Gasteiger partial charge in [-0.1, -0.05) is 25.2 Å². The van der Waals surface area contributed by atoms with Gasteiger partial charge in [-0.25, -0.2) is 0 Å². The van der Waals surface area contributed by atoms with Gasteiger partial charge < -0.3 is 5.11 Å². The Morgan fingerprint density at radius 3 is 2.62 bits per heavy atom. The van der Waals surface area contributed by atoms with E-state index in [0.717, 1.165) is 0 Å². The minimum absolute atomic E-state index is 0.0211. The van der Waals surface area contributed by atoms with Crippen molar-refractivity contribution < 1.29 is 28.3 Å². The molecule has 6 heteroatoms. The van der Waals surface area contributed by atoms with Crippen LogP contribution >= 0.6 is 0 Å². The van der Waals surface area contributed by atoms with Crippen molar-refractivity contribution in [3.8, 4) is 0 Å². The summed E-state index contributed by atoms with van der Waals surface area (Å²) in [6.45, 7) is 1.62. The summed E-state index contributed by atoms with van der Waals surface area (Å²) in [6.07, 6.45) is 9.52. The third-order valence-corrected chi connectivity index (χ3v) is 4.62. The van der Waals surface area contributed by atoms with Crippen LogP contribution in [0.2, 0.25) is 0 Å². The molecule has 1 rings (SSSR count). The number of alkyl halides is 2. The summed E-state index contributed by atoms with van der Waals surface area (Å²) in [6, 6.07) is 0. The highest BCUT2D eigenvalue weighted by Gasteiger charge is 2.36. The van der Waals surface area contributed by atoms with E-state index in [1.165, 1.54) is 6.08 Å². The molecule has 0 unspecified atom stereocenters. The van der Waals surface area contributed by atoms with Gasteiger partial charge >= 0.3 is 11.9 Å². The summed E-state index contributed by atoms with van der Waals surface area (Å²) >= 11 is 0. The second kappa shape index (κ2) is 11.0. The molecule has 0 heterocycles. The van der Waals surface area contributed by atoms with Crippen molar-refractivity contribution in [1.82, 2.24) is 0 Å². The fraction of sp³-hybridized carbons (Fsp3) is 0.650. The predicted molar refractivity (Wildman–Crippen MR) is 95.1 cm³/mol. The minimum atomic E-state index is -3.24. The zero-order valence-electron chi connectivity index (χ0n) is 15.3. The largest absolute Gasteiger partial charge is 0.481 e. The van der Waals surface area contributed by atoms with E-state index in [-0.39, 0.29) is 36.9 Å². The van der Waals surface area contributed by atoms with Gasteiger partial charge in [-0.15, -0.1) is 0 Å². The number of carboxylic acid groups (broad SMARTS) is 1. The first-order chi connectivity index (χ1) is 12.3. The van der Waals surface area contributed by atoms with Gasteiger partial charge in [0.2, 0.25) is 5.78 Å². The lowest BCUT2D eigenvalue weighted by Crippen LogP contribution is -2.28. The van der Waals surface area contributed by atoms with Crippen LogP contribution in [0.5, 0.6) is 0 Å². The van der Waals surface area contributed by atoms with Crippen LogP contribution in [0.4, 0.5) is 8.78 Å². The highest BCUT2D eigenvalue weighted by Crippen LogP contribution is 2.31. The number of hydrogen-bond donors (Lipinski definition) is 1. The van der Waals surface area contributed by atoms with Crippen LogP contribution in [-0.2, 0) is 14.4 Å². The predicted octanol–water partition coefficient (Wildman–Crippen LogP) is 4.73. The van der Waals surface area contributed by atoms with Crippen molar-refractivity contribution in [1.29, 1.82) is 0 Å². The first kappa shape index (κ1) is 22.2. The number of carbonyl (C=O) groups is 3. The van der Waals surface area contributed by atoms with Gasteiger partial charge in [0.15, 0.2) is 5.78 Å². The van der Waals surface area contributed by atoms with E-state index < -0.39 is 24.1 Å². The van der Waals surface area contributed by atoms with Crippen LogP contribution in [0.15, 0.2) is 24.3 Å². The second-order valence-corrected chi connectivity index (χ2v) is 6.79. The van der Waals surface area contributed by atoms with Crippen molar-refractivity contribution in [2.45, 2.75) is 70.6 Å². The minimum Gasteiger partial charge on any atom is -0.481 e. The fourth-order valence-electron chi connectivity index (χ4n) is 3.14. The Balaban J connectivity index is 2.37. The molecule has 1 aliphatic rings. The zero-order valence-corrected chi connectivity index (χ0v) is 15.3. The molecule has 4 nitrogen and oxygen atoms in total.